The van der Waals surface area contributed by atoms with Gasteiger partial charge in [0.25, 0.3) is 0 Å². The lowest BCUT2D eigenvalue weighted by Crippen LogP contribution is -2.33. The van der Waals surface area contributed by atoms with E-state index >= 15 is 0 Å². The lowest BCUT2D eigenvalue weighted by molar-refractivity contribution is -0.139. The Bertz CT molecular complexity index is 1350. The number of fused-ring (bicyclic) bond motifs is 1. The highest BCUT2D eigenvalue weighted by molar-refractivity contribution is 7.88. The van der Waals surface area contributed by atoms with E-state index in [-0.39, 0.29) is 18.8 Å². The number of aliphatic carboxylic acids is 1. The number of carboxylic acid groups (broad SMARTS) is 1. The molecule has 0 fully saturated rings. The Labute approximate surface area is 198 Å². The molecule has 0 amide bonds. The maximum Gasteiger partial charge on any atom is 0.341 e. The largest absolute Gasteiger partial charge is 0.479 e. The molecule has 1 aromatic heterocycles. The van der Waals surface area contributed by atoms with Crippen LogP contribution < -0.4 is 4.74 Å². The van der Waals surface area contributed by atoms with Gasteiger partial charge in [-0.25, -0.2) is 13.2 Å². The third-order valence-corrected chi connectivity index (χ3v) is 7.21. The van der Waals surface area contributed by atoms with Crippen LogP contribution >= 0.6 is 0 Å². The molecule has 0 atom stereocenters. The molecule has 0 saturated heterocycles. The molecule has 0 saturated carbocycles. The predicted molar refractivity (Wildman–Crippen MR) is 129 cm³/mol. The van der Waals surface area contributed by atoms with E-state index < -0.39 is 22.6 Å². The fourth-order valence-corrected chi connectivity index (χ4v) is 5.27. The Morgan fingerprint density at radius 2 is 1.59 bits per heavy atom. The van der Waals surface area contributed by atoms with Crippen LogP contribution in [0.25, 0.3) is 11.0 Å². The number of ether oxygens (including phenoxy) is 1. The molecule has 0 spiro atoms. The van der Waals surface area contributed by atoms with E-state index in [0.717, 1.165) is 22.1 Å². The molecule has 0 aliphatic heterocycles. The summed E-state index contributed by atoms with van der Waals surface area (Å²) in [5, 5.41) is 9.65. The maximum atomic E-state index is 13.4. The van der Waals surface area contributed by atoms with Gasteiger partial charge in [-0.2, -0.15) is 4.31 Å². The van der Waals surface area contributed by atoms with Gasteiger partial charge in [0.1, 0.15) is 0 Å². The summed E-state index contributed by atoms with van der Waals surface area (Å²) in [6.45, 7) is 0.0510. The van der Waals surface area contributed by atoms with Crippen LogP contribution in [0.2, 0.25) is 0 Å². The number of sulfonamides is 1. The first kappa shape index (κ1) is 23.5. The van der Waals surface area contributed by atoms with Gasteiger partial charge in [0, 0.05) is 18.5 Å². The van der Waals surface area contributed by atoms with E-state index in [1.807, 2.05) is 54.6 Å². The Morgan fingerprint density at radius 1 is 0.912 bits per heavy atom. The molecule has 3 aromatic carbocycles. The number of furan rings is 1. The number of carbonyl (C=O) groups is 1. The summed E-state index contributed by atoms with van der Waals surface area (Å²) in [6, 6.07) is 23.9. The standard InChI is InChI=1S/C26H25NO6S/c28-25(29)18-32-24-13-7-12-23-22(17-33-26(23)24)14-15-27(16-20-8-3-1-4-9-20)34(30,31)19-21-10-5-2-6-11-21/h1-13,17H,14-16,18-19H2,(H,28,29). The summed E-state index contributed by atoms with van der Waals surface area (Å²) in [5.41, 5.74) is 2.90. The van der Waals surface area contributed by atoms with Crippen LogP contribution in [0.1, 0.15) is 16.7 Å². The second-order valence-corrected chi connectivity index (χ2v) is 9.86. The predicted octanol–water partition coefficient (Wildman–Crippen LogP) is 4.47. The van der Waals surface area contributed by atoms with Crippen LogP contribution in [0.5, 0.6) is 5.75 Å². The van der Waals surface area contributed by atoms with Crippen molar-refractivity contribution in [3.8, 4) is 5.75 Å². The summed E-state index contributed by atoms with van der Waals surface area (Å²) in [7, 11) is -3.59. The molecule has 0 aliphatic carbocycles. The number of para-hydroxylation sites is 1. The normalized spacial score (nSPS) is 11.7. The first-order valence-electron chi connectivity index (χ1n) is 10.8. The number of hydrogen-bond donors (Lipinski definition) is 1. The average Bonchev–Trinajstić information content (AvgIpc) is 3.25. The molecule has 4 aromatic rings. The minimum absolute atomic E-state index is 0.0833. The molecule has 7 nitrogen and oxygen atoms in total. The molecular formula is C26H25NO6S. The minimum atomic E-state index is -3.59. The number of nitrogens with zero attached hydrogens (tertiary/aromatic N) is 1. The Balaban J connectivity index is 1.56. The van der Waals surface area contributed by atoms with Gasteiger partial charge in [-0.1, -0.05) is 72.8 Å². The smallest absolute Gasteiger partial charge is 0.341 e. The third kappa shape index (κ3) is 5.84. The fraction of sp³-hybridized carbons (Fsp3) is 0.192. The lowest BCUT2D eigenvalue weighted by atomic mass is 10.1. The number of carboxylic acids is 1. The van der Waals surface area contributed by atoms with Crippen molar-refractivity contribution >= 4 is 27.0 Å². The van der Waals surface area contributed by atoms with Gasteiger partial charge in [-0.15, -0.1) is 0 Å². The van der Waals surface area contributed by atoms with E-state index in [4.69, 9.17) is 14.3 Å². The summed E-state index contributed by atoms with van der Waals surface area (Å²) in [5.74, 6) is -0.826. The van der Waals surface area contributed by atoms with Gasteiger partial charge in [0.2, 0.25) is 10.0 Å². The molecule has 1 N–H and O–H groups in total. The van der Waals surface area contributed by atoms with Crippen LogP contribution in [0.15, 0.2) is 89.5 Å². The van der Waals surface area contributed by atoms with Gasteiger partial charge in [0.05, 0.1) is 12.0 Å². The highest BCUT2D eigenvalue weighted by atomic mass is 32.2. The monoisotopic (exact) mass is 479 g/mol. The van der Waals surface area contributed by atoms with Gasteiger partial charge in [-0.05, 0) is 29.2 Å². The van der Waals surface area contributed by atoms with E-state index in [2.05, 4.69) is 0 Å². The van der Waals surface area contributed by atoms with E-state index in [1.54, 1.807) is 30.5 Å². The molecule has 0 bridgehead atoms. The van der Waals surface area contributed by atoms with Gasteiger partial charge >= 0.3 is 5.97 Å². The van der Waals surface area contributed by atoms with Crippen LogP contribution in [0, 0.1) is 0 Å². The fourth-order valence-electron chi connectivity index (χ4n) is 3.76. The topological polar surface area (TPSA) is 97.0 Å². The van der Waals surface area contributed by atoms with Crippen molar-refractivity contribution in [3.05, 3.63) is 102 Å². The minimum Gasteiger partial charge on any atom is -0.479 e. The second kappa shape index (κ2) is 10.5. The molecule has 1 heterocycles. The number of rotatable bonds is 11. The van der Waals surface area contributed by atoms with Gasteiger partial charge < -0.3 is 14.3 Å². The maximum absolute atomic E-state index is 13.4. The zero-order valence-corrected chi connectivity index (χ0v) is 19.3. The average molecular weight is 480 g/mol. The molecule has 34 heavy (non-hydrogen) atoms. The zero-order valence-electron chi connectivity index (χ0n) is 18.5. The second-order valence-electron chi connectivity index (χ2n) is 7.89. The van der Waals surface area contributed by atoms with Crippen molar-refractivity contribution in [2.45, 2.75) is 18.7 Å². The zero-order chi connectivity index (χ0) is 24.0. The molecule has 0 unspecified atom stereocenters. The van der Waals surface area contributed by atoms with E-state index in [0.29, 0.717) is 17.8 Å². The molecule has 8 heteroatoms. The van der Waals surface area contributed by atoms with Crippen molar-refractivity contribution in [1.82, 2.24) is 4.31 Å². The summed E-state index contributed by atoms with van der Waals surface area (Å²) in [4.78, 5) is 10.8. The van der Waals surface area contributed by atoms with Crippen molar-refractivity contribution in [2.24, 2.45) is 0 Å². The summed E-state index contributed by atoms with van der Waals surface area (Å²) < 4.78 is 39.2. The highest BCUT2D eigenvalue weighted by Gasteiger charge is 2.23. The Kier molecular flexibility index (Phi) is 7.30. The molecule has 176 valence electrons. The Morgan fingerprint density at radius 3 is 2.26 bits per heavy atom. The van der Waals surface area contributed by atoms with Gasteiger partial charge in [-0.3, -0.25) is 0 Å². The van der Waals surface area contributed by atoms with Crippen LogP contribution in [-0.2, 0) is 33.5 Å². The summed E-state index contributed by atoms with van der Waals surface area (Å²) >= 11 is 0. The van der Waals surface area contributed by atoms with Crippen LogP contribution in [0.3, 0.4) is 0 Å². The molecule has 4 rings (SSSR count). The number of hydrogen-bond acceptors (Lipinski definition) is 5. The van der Waals surface area contributed by atoms with Crippen molar-refractivity contribution in [1.29, 1.82) is 0 Å². The van der Waals surface area contributed by atoms with Crippen molar-refractivity contribution < 1.29 is 27.5 Å². The molecule has 0 aliphatic rings. The van der Waals surface area contributed by atoms with E-state index in [9.17, 15) is 13.2 Å². The number of benzene rings is 3. The quantitative estimate of drug-likeness (QED) is 0.341. The van der Waals surface area contributed by atoms with Crippen molar-refractivity contribution in [3.63, 3.8) is 0 Å². The van der Waals surface area contributed by atoms with Gasteiger partial charge in [0.15, 0.2) is 17.9 Å². The van der Waals surface area contributed by atoms with Crippen LogP contribution in [-0.4, -0.2) is 37.0 Å². The lowest BCUT2D eigenvalue weighted by Gasteiger charge is -2.22. The van der Waals surface area contributed by atoms with Crippen molar-refractivity contribution in [2.75, 3.05) is 13.2 Å². The first-order valence-corrected chi connectivity index (χ1v) is 12.4. The SMILES string of the molecule is O=C(O)COc1cccc2c(CCN(Cc3ccccc3)S(=O)(=O)Cc3ccccc3)coc12. The van der Waals surface area contributed by atoms with E-state index in [1.165, 1.54) is 4.31 Å². The Hall–Kier alpha value is -3.62. The van der Waals surface area contributed by atoms with Crippen LogP contribution in [0.4, 0.5) is 0 Å². The first-order chi connectivity index (χ1) is 16.4. The third-order valence-electron chi connectivity index (χ3n) is 5.41. The molecular weight excluding hydrogens is 454 g/mol. The highest BCUT2D eigenvalue weighted by Crippen LogP contribution is 2.30. The molecule has 0 radical (unpaired) electrons. The summed E-state index contributed by atoms with van der Waals surface area (Å²) in [6.07, 6.45) is 2.00.